The summed E-state index contributed by atoms with van der Waals surface area (Å²) < 4.78 is 1.24. The summed E-state index contributed by atoms with van der Waals surface area (Å²) in [5.41, 5.74) is 4.56. The Bertz CT molecular complexity index is 590. The summed E-state index contributed by atoms with van der Waals surface area (Å²) in [6.45, 7) is 3.19. The molecule has 1 atom stereocenters. The Hall–Kier alpha value is -0.640. The Morgan fingerprint density at radius 3 is 2.85 bits per heavy atom. The van der Waals surface area contributed by atoms with Gasteiger partial charge in [-0.2, -0.15) is 0 Å². The second kappa shape index (κ2) is 6.42. The number of nitrogens with one attached hydrogen (secondary N) is 1. The zero-order valence-electron chi connectivity index (χ0n) is 11.8. The first-order chi connectivity index (χ1) is 9.78. The maximum Gasteiger partial charge on any atom is 0.0369 e. The number of aryl methyl sites for hydroxylation is 2. The van der Waals surface area contributed by atoms with Crippen LogP contribution in [0.3, 0.4) is 0 Å². The molecule has 1 N–H and O–H groups in total. The molecule has 3 heteroatoms. The highest BCUT2D eigenvalue weighted by atomic mass is 79.9. The monoisotopic (exact) mass is 349 g/mol. The maximum absolute atomic E-state index is 3.65. The maximum atomic E-state index is 3.65. The second-order valence-electron chi connectivity index (χ2n) is 5.39. The van der Waals surface area contributed by atoms with Crippen molar-refractivity contribution in [3.63, 3.8) is 0 Å². The number of halogens is 1. The van der Waals surface area contributed by atoms with Gasteiger partial charge in [0.25, 0.3) is 0 Å². The summed E-state index contributed by atoms with van der Waals surface area (Å²) in [5, 5.41) is 5.80. The van der Waals surface area contributed by atoms with Gasteiger partial charge in [-0.25, -0.2) is 0 Å². The summed E-state index contributed by atoms with van der Waals surface area (Å²) in [4.78, 5) is 1.43. The molecule has 0 fully saturated rings. The first kappa shape index (κ1) is 14.3. The van der Waals surface area contributed by atoms with Crippen LogP contribution in [0, 0.1) is 0 Å². The fourth-order valence-corrected chi connectivity index (χ4v) is 4.58. The molecular weight excluding hydrogens is 330 g/mol. The van der Waals surface area contributed by atoms with E-state index in [0.29, 0.717) is 6.04 Å². The van der Waals surface area contributed by atoms with Crippen molar-refractivity contribution in [1.82, 2.24) is 5.32 Å². The molecule has 1 aliphatic carbocycles. The van der Waals surface area contributed by atoms with Gasteiger partial charge in [-0.3, -0.25) is 0 Å². The minimum absolute atomic E-state index is 0.417. The Morgan fingerprint density at radius 1 is 1.25 bits per heavy atom. The van der Waals surface area contributed by atoms with Crippen LogP contribution in [0.15, 0.2) is 34.1 Å². The summed E-state index contributed by atoms with van der Waals surface area (Å²) in [6.07, 6.45) is 4.90. The van der Waals surface area contributed by atoms with Crippen LogP contribution in [-0.4, -0.2) is 6.54 Å². The minimum atomic E-state index is 0.417. The van der Waals surface area contributed by atoms with Gasteiger partial charge in [-0.15, -0.1) is 11.3 Å². The predicted molar refractivity (Wildman–Crippen MR) is 90.6 cm³/mol. The third-order valence-electron chi connectivity index (χ3n) is 4.06. The Labute approximate surface area is 133 Å². The van der Waals surface area contributed by atoms with Crippen molar-refractivity contribution >= 4 is 27.3 Å². The van der Waals surface area contributed by atoms with Gasteiger partial charge in [-0.05, 0) is 69.9 Å². The van der Waals surface area contributed by atoms with Crippen molar-refractivity contribution in [3.8, 4) is 0 Å². The van der Waals surface area contributed by atoms with Crippen LogP contribution < -0.4 is 5.32 Å². The molecule has 0 saturated carbocycles. The molecule has 1 aromatic carbocycles. The molecule has 2 aromatic rings. The van der Waals surface area contributed by atoms with Gasteiger partial charge >= 0.3 is 0 Å². The van der Waals surface area contributed by atoms with Gasteiger partial charge in [0.1, 0.15) is 0 Å². The molecule has 0 aliphatic heterocycles. The van der Waals surface area contributed by atoms with Crippen LogP contribution in [0.1, 0.15) is 41.0 Å². The fraction of sp³-hybridized carbons (Fsp3) is 0.412. The second-order valence-corrected chi connectivity index (χ2v) is 7.24. The zero-order chi connectivity index (χ0) is 13.9. The van der Waals surface area contributed by atoms with Crippen molar-refractivity contribution < 1.29 is 0 Å². The molecule has 0 amide bonds. The van der Waals surface area contributed by atoms with Crippen LogP contribution >= 0.6 is 27.3 Å². The molecule has 0 radical (unpaired) electrons. The summed E-state index contributed by atoms with van der Waals surface area (Å²) in [6, 6.07) is 9.65. The number of thiophene rings is 1. The van der Waals surface area contributed by atoms with Crippen molar-refractivity contribution in [2.45, 2.75) is 38.6 Å². The number of rotatable bonds is 5. The van der Waals surface area contributed by atoms with E-state index in [1.54, 1.807) is 11.1 Å². The summed E-state index contributed by atoms with van der Waals surface area (Å²) in [7, 11) is 0. The average Bonchev–Trinajstić information content (AvgIpc) is 3.06. The quantitative estimate of drug-likeness (QED) is 0.809. The van der Waals surface area contributed by atoms with Gasteiger partial charge < -0.3 is 5.32 Å². The molecule has 1 aromatic heterocycles. The van der Waals surface area contributed by atoms with Gasteiger partial charge in [0.05, 0.1) is 0 Å². The molecule has 1 unspecified atom stereocenters. The molecule has 0 spiro atoms. The van der Waals surface area contributed by atoms with Crippen molar-refractivity contribution in [1.29, 1.82) is 0 Å². The van der Waals surface area contributed by atoms with E-state index in [1.165, 1.54) is 34.2 Å². The van der Waals surface area contributed by atoms with Gasteiger partial charge in [0.15, 0.2) is 0 Å². The molecule has 106 valence electrons. The minimum Gasteiger partial charge on any atom is -0.310 e. The topological polar surface area (TPSA) is 12.0 Å². The third-order valence-corrected chi connectivity index (χ3v) is 6.00. The summed E-state index contributed by atoms with van der Waals surface area (Å²) in [5.74, 6) is 0. The lowest BCUT2D eigenvalue weighted by molar-refractivity contribution is 0.552. The average molecular weight is 350 g/mol. The zero-order valence-corrected chi connectivity index (χ0v) is 14.2. The number of hydrogen-bond donors (Lipinski definition) is 1. The van der Waals surface area contributed by atoms with E-state index in [4.69, 9.17) is 0 Å². The number of hydrogen-bond acceptors (Lipinski definition) is 2. The number of fused-ring (bicyclic) bond motifs is 1. The van der Waals surface area contributed by atoms with Crippen LogP contribution in [0.5, 0.6) is 0 Å². The van der Waals surface area contributed by atoms with Crippen LogP contribution in [0.25, 0.3) is 0 Å². The van der Waals surface area contributed by atoms with E-state index in [0.717, 1.165) is 13.0 Å². The van der Waals surface area contributed by atoms with Gasteiger partial charge in [-0.1, -0.05) is 25.1 Å². The molecule has 20 heavy (non-hydrogen) atoms. The predicted octanol–water partition coefficient (Wildman–Crippen LogP) is 4.89. The van der Waals surface area contributed by atoms with E-state index in [2.05, 4.69) is 57.8 Å². The smallest absolute Gasteiger partial charge is 0.0369 e. The summed E-state index contributed by atoms with van der Waals surface area (Å²) >= 11 is 5.49. The molecule has 1 heterocycles. The first-order valence-corrected chi connectivity index (χ1v) is 9.02. The van der Waals surface area contributed by atoms with E-state index in [-0.39, 0.29) is 0 Å². The first-order valence-electron chi connectivity index (χ1n) is 7.35. The highest BCUT2D eigenvalue weighted by molar-refractivity contribution is 9.10. The standard InChI is InChI=1S/C17H20BrNS/c1-2-19-16(11-17-15(18)8-9-20-17)14-7-6-12-4-3-5-13(12)10-14/h6-10,16,19H,2-5,11H2,1H3. The highest BCUT2D eigenvalue weighted by Crippen LogP contribution is 2.30. The fourth-order valence-electron chi connectivity index (χ4n) is 3.02. The Kier molecular flexibility index (Phi) is 4.59. The van der Waals surface area contributed by atoms with Crippen molar-refractivity contribution in [3.05, 3.63) is 55.7 Å². The lowest BCUT2D eigenvalue weighted by Gasteiger charge is -2.19. The lowest BCUT2D eigenvalue weighted by Crippen LogP contribution is -2.23. The van der Waals surface area contributed by atoms with Crippen molar-refractivity contribution in [2.75, 3.05) is 6.54 Å². The van der Waals surface area contributed by atoms with Crippen LogP contribution in [0.4, 0.5) is 0 Å². The van der Waals surface area contributed by atoms with E-state index >= 15 is 0 Å². The number of benzene rings is 1. The van der Waals surface area contributed by atoms with Gasteiger partial charge in [0, 0.05) is 21.8 Å². The molecule has 0 bridgehead atoms. The molecule has 1 nitrogen and oxygen atoms in total. The van der Waals surface area contributed by atoms with E-state index in [1.807, 2.05) is 11.3 Å². The largest absolute Gasteiger partial charge is 0.310 e. The van der Waals surface area contributed by atoms with Crippen LogP contribution in [0.2, 0.25) is 0 Å². The Morgan fingerprint density at radius 2 is 2.10 bits per heavy atom. The van der Waals surface area contributed by atoms with Crippen molar-refractivity contribution in [2.24, 2.45) is 0 Å². The SMILES string of the molecule is CCNC(Cc1sccc1Br)c1ccc2c(c1)CCC2. The highest BCUT2D eigenvalue weighted by Gasteiger charge is 2.17. The van der Waals surface area contributed by atoms with Gasteiger partial charge in [0.2, 0.25) is 0 Å². The lowest BCUT2D eigenvalue weighted by atomic mass is 9.98. The molecule has 1 aliphatic rings. The molecule has 0 saturated heterocycles. The number of likely N-dealkylation sites (N-methyl/N-ethyl adjacent to an activating group) is 1. The van der Waals surface area contributed by atoms with Crippen LogP contribution in [-0.2, 0) is 19.3 Å². The van der Waals surface area contributed by atoms with E-state index in [9.17, 15) is 0 Å². The molecule has 3 rings (SSSR count). The molecular formula is C17H20BrNS. The normalized spacial score (nSPS) is 15.3. The van der Waals surface area contributed by atoms with E-state index < -0.39 is 0 Å². The Balaban J connectivity index is 1.84. The third kappa shape index (κ3) is 3.00.